The second-order valence-corrected chi connectivity index (χ2v) is 4.43. The minimum absolute atomic E-state index is 0. The average Bonchev–Trinajstić information content (AvgIpc) is 2.91. The van der Waals surface area contributed by atoms with Crippen molar-refractivity contribution in [3.63, 3.8) is 0 Å². The molecule has 1 heterocycles. The predicted molar refractivity (Wildman–Crippen MR) is 84.7 cm³/mol. The maximum atomic E-state index is 11.7. The van der Waals surface area contributed by atoms with Crippen LogP contribution in [0.3, 0.4) is 0 Å². The molecule has 0 radical (unpaired) electrons. The number of carbonyl (C=O) groups excluding carboxylic acids is 2. The second-order valence-electron chi connectivity index (χ2n) is 4.43. The third kappa shape index (κ3) is 5.11. The molecule has 0 bridgehead atoms. The Bertz CT molecular complexity index is 709. The van der Waals surface area contributed by atoms with Crippen LogP contribution in [0, 0.1) is 47.8 Å². The van der Waals surface area contributed by atoms with Gasteiger partial charge < -0.3 is 27.9 Å². The Morgan fingerprint density at radius 2 is 2.04 bits per heavy atom. The molecule has 0 fully saturated rings. The van der Waals surface area contributed by atoms with E-state index in [9.17, 15) is 9.59 Å². The number of aromatic amines is 1. The molecule has 0 saturated carbocycles. The third-order valence-electron chi connectivity index (χ3n) is 3.00. The fraction of sp³-hybridized carbons (Fsp3) is 0.188. The summed E-state index contributed by atoms with van der Waals surface area (Å²) in [5.74, 6) is 5.45. The molecule has 1 aromatic heterocycles. The van der Waals surface area contributed by atoms with E-state index in [2.05, 4.69) is 16.4 Å². The Morgan fingerprint density at radius 1 is 1.35 bits per heavy atom. The zero-order valence-electron chi connectivity index (χ0n) is 13.0. The monoisotopic (exact) mass is 454 g/mol. The number of benzene rings is 1. The van der Waals surface area contributed by atoms with E-state index < -0.39 is 11.9 Å². The largest absolute Gasteiger partial charge is 0.564 e. The summed E-state index contributed by atoms with van der Waals surface area (Å²) in [5, 5.41) is 0.816. The molecule has 0 aliphatic rings. The van der Waals surface area contributed by atoms with Gasteiger partial charge in [0, 0.05) is 51.3 Å². The first-order valence-corrected chi connectivity index (χ1v) is 6.40. The Balaban J connectivity index is 0.00000242. The molecule has 1 aromatic carbocycles. The number of para-hydroxylation sites is 1. The topological polar surface area (TPSA) is 92.2 Å². The zero-order valence-corrected chi connectivity index (χ0v) is 15.6. The van der Waals surface area contributed by atoms with E-state index in [0.717, 1.165) is 5.39 Å². The van der Waals surface area contributed by atoms with Crippen molar-refractivity contribution in [2.45, 2.75) is 13.3 Å². The summed E-state index contributed by atoms with van der Waals surface area (Å²) in [6, 6.07) is 7.12. The minimum Gasteiger partial charge on any atom is -0.564 e. The van der Waals surface area contributed by atoms with Crippen LogP contribution in [0.25, 0.3) is 22.4 Å². The van der Waals surface area contributed by atoms with E-state index in [-0.39, 0.29) is 54.2 Å². The normalized spacial score (nSPS) is 9.48. The smallest absolute Gasteiger partial charge is 0.354 e. The molecule has 0 atom stereocenters. The number of rotatable bonds is 5. The van der Waals surface area contributed by atoms with E-state index in [0.29, 0.717) is 29.0 Å². The minimum atomic E-state index is -0.686. The van der Waals surface area contributed by atoms with Crippen LogP contribution in [0.5, 0.6) is 0 Å². The fourth-order valence-corrected chi connectivity index (χ4v) is 2.08. The quantitative estimate of drug-likeness (QED) is 0.425. The van der Waals surface area contributed by atoms with E-state index in [1.807, 2.05) is 6.07 Å². The summed E-state index contributed by atoms with van der Waals surface area (Å²) in [5.41, 5.74) is 2.25. The van der Waals surface area contributed by atoms with Crippen LogP contribution in [0.15, 0.2) is 30.8 Å². The maximum Gasteiger partial charge on any atom is 0.354 e. The van der Waals surface area contributed by atoms with Gasteiger partial charge in [-0.05, 0) is 18.6 Å². The number of hydrogen-bond donors (Lipinski definition) is 1. The van der Waals surface area contributed by atoms with Gasteiger partial charge in [0.1, 0.15) is 5.69 Å². The van der Waals surface area contributed by atoms with E-state index in [4.69, 9.17) is 10.6 Å². The molecule has 2 aromatic rings. The van der Waals surface area contributed by atoms with Crippen LogP contribution >= 0.6 is 0 Å². The molecule has 2 N–H and O–H groups in total. The number of H-pyrrole nitrogens is 1. The summed E-state index contributed by atoms with van der Waals surface area (Å²) in [6.07, 6.45) is -0.0869. The molecule has 0 spiro atoms. The number of fused-ring (bicyclic) bond motifs is 1. The van der Waals surface area contributed by atoms with Gasteiger partial charge in [-0.2, -0.15) is 0 Å². The first kappa shape index (κ1) is 21.7. The van der Waals surface area contributed by atoms with E-state index in [1.165, 1.54) is 0 Å². The molecule has 6 nitrogen and oxygen atoms in total. The van der Waals surface area contributed by atoms with Crippen LogP contribution in [0.4, 0.5) is 0 Å². The molecule has 23 heavy (non-hydrogen) atoms. The molecule has 0 aliphatic heterocycles. The Morgan fingerprint density at radius 3 is 2.65 bits per heavy atom. The van der Waals surface area contributed by atoms with Crippen LogP contribution in [-0.4, -0.2) is 23.5 Å². The molecular formula is C16H18N2O4Sm-2. The van der Waals surface area contributed by atoms with Gasteiger partial charge in [0.25, 0.3) is 5.97 Å². The Hall–Kier alpha value is -1.26. The fourth-order valence-electron chi connectivity index (χ4n) is 2.08. The van der Waals surface area contributed by atoms with Crippen molar-refractivity contribution in [1.82, 2.24) is 4.98 Å². The van der Waals surface area contributed by atoms with Crippen molar-refractivity contribution >= 4 is 28.4 Å². The van der Waals surface area contributed by atoms with Gasteiger partial charge in [0.05, 0.1) is 18.5 Å². The van der Waals surface area contributed by atoms with Crippen LogP contribution in [0.1, 0.15) is 29.4 Å². The molecule has 7 heteroatoms. The van der Waals surface area contributed by atoms with E-state index in [1.54, 1.807) is 25.1 Å². The summed E-state index contributed by atoms with van der Waals surface area (Å²) >= 11 is 0. The van der Waals surface area contributed by atoms with Crippen molar-refractivity contribution in [1.29, 1.82) is 0 Å². The van der Waals surface area contributed by atoms with Gasteiger partial charge in [-0.1, -0.05) is 24.8 Å². The molecule has 2 rings (SSSR count). The molecule has 0 saturated heterocycles. The SMILES string of the molecule is C=C(CC(=O)O[NH-])c1cccc2cc(C(=O)OCC)[nH]c12.[CH3-].[Sm]. The summed E-state index contributed by atoms with van der Waals surface area (Å²) in [6.45, 7) is 5.86. The van der Waals surface area contributed by atoms with Crippen LogP contribution in [-0.2, 0) is 14.4 Å². The summed E-state index contributed by atoms with van der Waals surface area (Å²) in [4.78, 5) is 29.8. The first-order chi connectivity index (χ1) is 10.1. The third-order valence-corrected chi connectivity index (χ3v) is 3.00. The van der Waals surface area contributed by atoms with E-state index >= 15 is 0 Å². The van der Waals surface area contributed by atoms with Gasteiger partial charge in [-0.3, -0.25) is 4.79 Å². The predicted octanol–water partition coefficient (Wildman–Crippen LogP) is 3.71. The van der Waals surface area contributed by atoms with Crippen LogP contribution in [0.2, 0.25) is 0 Å². The number of ether oxygens (including phenoxy) is 1. The van der Waals surface area contributed by atoms with Crippen molar-refractivity contribution < 1.29 is 59.6 Å². The van der Waals surface area contributed by atoms with Crippen molar-refractivity contribution in [2.75, 3.05) is 6.61 Å². The van der Waals surface area contributed by atoms with Gasteiger partial charge in [-0.15, -0.1) is 0 Å². The molecular weight excluding hydrogens is 435 g/mol. The summed E-state index contributed by atoms with van der Waals surface area (Å²) in [7, 11) is 0. The van der Waals surface area contributed by atoms with Gasteiger partial charge in [0.2, 0.25) is 0 Å². The molecule has 0 aliphatic carbocycles. The van der Waals surface area contributed by atoms with Gasteiger partial charge in [0.15, 0.2) is 0 Å². The molecule has 124 valence electrons. The Kier molecular flexibility index (Phi) is 9.25. The van der Waals surface area contributed by atoms with Crippen molar-refractivity contribution in [2.24, 2.45) is 0 Å². The van der Waals surface area contributed by atoms with Gasteiger partial charge in [-0.25, -0.2) is 4.79 Å². The van der Waals surface area contributed by atoms with Crippen molar-refractivity contribution in [3.05, 3.63) is 55.4 Å². The average molecular weight is 453 g/mol. The van der Waals surface area contributed by atoms with Gasteiger partial charge >= 0.3 is 5.97 Å². The second kappa shape index (κ2) is 9.78. The summed E-state index contributed by atoms with van der Waals surface area (Å²) < 4.78 is 4.95. The van der Waals surface area contributed by atoms with Crippen molar-refractivity contribution in [3.8, 4) is 0 Å². The number of carbonyl (C=O) groups is 2. The Labute approximate surface area is 167 Å². The number of hydrogen-bond acceptors (Lipinski definition) is 4. The maximum absolute atomic E-state index is 11.7. The number of esters is 1. The molecule has 0 unspecified atom stereocenters. The van der Waals surface area contributed by atoms with Crippen LogP contribution < -0.4 is 0 Å². The standard InChI is InChI=1S/C15H15N2O4.CH3.Sm/c1-3-20-15(19)12-8-10-5-4-6-11(14(10)17-12)9(2)7-13(18)21-16;;/h4-6,8,16-17H,2-3,7H2,1H3;1H3;/q2*-1;. The molecule has 0 amide bonds. The number of nitrogens with one attached hydrogen (secondary N) is 2. The zero-order chi connectivity index (χ0) is 15.4. The number of aromatic nitrogens is 1. The first-order valence-electron chi connectivity index (χ1n) is 6.40.